The first-order valence-corrected chi connectivity index (χ1v) is 8.85. The van der Waals surface area contributed by atoms with E-state index in [1.807, 2.05) is 0 Å². The largest absolute Gasteiger partial charge is 0.481 e. The molecular formula is C17H32N2O3. The number of carboxylic acids is 1. The highest BCUT2D eigenvalue weighted by Crippen LogP contribution is 2.11. The molecule has 0 radical (unpaired) electrons. The molecule has 1 amide bonds. The van der Waals surface area contributed by atoms with Gasteiger partial charge in [-0.15, -0.1) is 0 Å². The number of likely N-dealkylation sites (tertiary alicyclic amines) is 1. The molecule has 22 heavy (non-hydrogen) atoms. The van der Waals surface area contributed by atoms with Crippen LogP contribution in [0.3, 0.4) is 0 Å². The number of aliphatic carboxylic acids is 1. The zero-order valence-corrected chi connectivity index (χ0v) is 14.0. The van der Waals surface area contributed by atoms with Gasteiger partial charge in [-0.1, -0.05) is 39.0 Å². The summed E-state index contributed by atoms with van der Waals surface area (Å²) in [5.74, 6) is -0.852. The Bertz CT molecular complexity index is 326. The predicted octanol–water partition coefficient (Wildman–Crippen LogP) is 2.79. The predicted molar refractivity (Wildman–Crippen MR) is 87.9 cm³/mol. The number of amides is 1. The number of carboxylic acid groups (broad SMARTS) is 1. The van der Waals surface area contributed by atoms with Crippen LogP contribution in [0.4, 0.5) is 0 Å². The molecular weight excluding hydrogens is 280 g/mol. The van der Waals surface area contributed by atoms with E-state index in [2.05, 4.69) is 17.1 Å². The third-order valence-electron chi connectivity index (χ3n) is 4.30. The first-order valence-electron chi connectivity index (χ1n) is 8.85. The fourth-order valence-corrected chi connectivity index (χ4v) is 2.98. The van der Waals surface area contributed by atoms with Gasteiger partial charge in [0.15, 0.2) is 0 Å². The molecule has 1 fully saturated rings. The Morgan fingerprint density at radius 3 is 2.36 bits per heavy atom. The highest BCUT2D eigenvalue weighted by atomic mass is 16.4. The van der Waals surface area contributed by atoms with Gasteiger partial charge in [-0.2, -0.15) is 0 Å². The summed E-state index contributed by atoms with van der Waals surface area (Å²) < 4.78 is 0. The highest BCUT2D eigenvalue weighted by molar-refractivity contribution is 5.77. The third kappa shape index (κ3) is 9.03. The number of carbonyl (C=O) groups excluding carboxylic acids is 1. The van der Waals surface area contributed by atoms with Crippen LogP contribution in [0.1, 0.15) is 71.1 Å². The number of hydrogen-bond acceptors (Lipinski definition) is 3. The maximum Gasteiger partial charge on any atom is 0.305 e. The molecule has 1 rings (SSSR count). The topological polar surface area (TPSA) is 69.6 Å². The van der Waals surface area contributed by atoms with Crippen LogP contribution in [-0.4, -0.2) is 47.6 Å². The molecule has 0 aromatic rings. The van der Waals surface area contributed by atoms with Crippen LogP contribution >= 0.6 is 0 Å². The van der Waals surface area contributed by atoms with Crippen molar-refractivity contribution < 1.29 is 14.7 Å². The van der Waals surface area contributed by atoms with Crippen molar-refractivity contribution >= 4 is 11.9 Å². The number of hydrogen-bond donors (Lipinski definition) is 2. The van der Waals surface area contributed by atoms with Crippen molar-refractivity contribution in [1.82, 2.24) is 10.2 Å². The highest BCUT2D eigenvalue weighted by Gasteiger charge is 2.16. The summed E-state index contributed by atoms with van der Waals surface area (Å²) in [6.45, 7) is 5.03. The van der Waals surface area contributed by atoms with Crippen molar-refractivity contribution in [3.05, 3.63) is 0 Å². The van der Waals surface area contributed by atoms with Gasteiger partial charge in [0.25, 0.3) is 0 Å². The van der Waals surface area contributed by atoms with Gasteiger partial charge in [0.05, 0.1) is 6.42 Å². The molecule has 2 N–H and O–H groups in total. The fraction of sp³-hybridized carbons (Fsp3) is 0.882. The van der Waals surface area contributed by atoms with Crippen LogP contribution in [0.15, 0.2) is 0 Å². The lowest BCUT2D eigenvalue weighted by Crippen LogP contribution is -2.39. The Balaban J connectivity index is 2.30. The quantitative estimate of drug-likeness (QED) is 0.687. The van der Waals surface area contributed by atoms with Crippen LogP contribution < -0.4 is 5.32 Å². The van der Waals surface area contributed by atoms with Crippen molar-refractivity contribution in [3.8, 4) is 0 Å². The fourth-order valence-electron chi connectivity index (χ4n) is 2.98. The third-order valence-corrected chi connectivity index (χ3v) is 4.30. The SMILES string of the molecule is CCCC[C@H](CC(=O)O)NC(=O)CCN1CCCCCCC1. The maximum absolute atomic E-state index is 12.1. The van der Waals surface area contributed by atoms with Crippen LogP contribution in [-0.2, 0) is 9.59 Å². The van der Waals surface area contributed by atoms with E-state index in [4.69, 9.17) is 5.11 Å². The molecule has 0 aliphatic carbocycles. The molecule has 128 valence electrons. The average molecular weight is 312 g/mol. The minimum absolute atomic E-state index is 0.00980. The number of nitrogens with one attached hydrogen (secondary N) is 1. The lowest BCUT2D eigenvalue weighted by atomic mass is 10.1. The van der Waals surface area contributed by atoms with Crippen molar-refractivity contribution in [1.29, 1.82) is 0 Å². The second kappa shape index (κ2) is 11.5. The van der Waals surface area contributed by atoms with Gasteiger partial charge in [-0.3, -0.25) is 9.59 Å². The Morgan fingerprint density at radius 1 is 1.14 bits per heavy atom. The number of unbranched alkanes of at least 4 members (excludes halogenated alkanes) is 1. The van der Waals surface area contributed by atoms with Crippen LogP contribution in [0, 0.1) is 0 Å². The normalized spacial score (nSPS) is 18.2. The Morgan fingerprint density at radius 2 is 1.77 bits per heavy atom. The number of rotatable bonds is 9. The Labute approximate surface area is 134 Å². The van der Waals surface area contributed by atoms with Crippen LogP contribution in [0.25, 0.3) is 0 Å². The van der Waals surface area contributed by atoms with E-state index in [1.54, 1.807) is 0 Å². The molecule has 0 unspecified atom stereocenters. The van der Waals surface area contributed by atoms with Crippen molar-refractivity contribution in [3.63, 3.8) is 0 Å². The molecule has 0 spiro atoms. The second-order valence-electron chi connectivity index (χ2n) is 6.36. The average Bonchev–Trinajstić information content (AvgIpc) is 2.43. The maximum atomic E-state index is 12.1. The zero-order chi connectivity index (χ0) is 16.2. The van der Waals surface area contributed by atoms with E-state index >= 15 is 0 Å². The summed E-state index contributed by atoms with van der Waals surface area (Å²) in [5, 5.41) is 11.8. The molecule has 5 heteroatoms. The van der Waals surface area contributed by atoms with Gasteiger partial charge in [-0.05, 0) is 32.4 Å². The van der Waals surface area contributed by atoms with Crippen LogP contribution in [0.2, 0.25) is 0 Å². The van der Waals surface area contributed by atoms with Gasteiger partial charge >= 0.3 is 5.97 Å². The molecule has 1 aliphatic rings. The van der Waals surface area contributed by atoms with E-state index < -0.39 is 5.97 Å². The van der Waals surface area contributed by atoms with E-state index in [-0.39, 0.29) is 18.4 Å². The summed E-state index contributed by atoms with van der Waals surface area (Å²) in [6, 6.07) is -0.225. The molecule has 0 aromatic carbocycles. The lowest BCUT2D eigenvalue weighted by Gasteiger charge is -2.24. The van der Waals surface area contributed by atoms with Gasteiger partial charge in [0, 0.05) is 19.0 Å². The molecule has 1 saturated heterocycles. The Hall–Kier alpha value is -1.10. The van der Waals surface area contributed by atoms with Crippen molar-refractivity contribution in [2.24, 2.45) is 0 Å². The molecule has 0 saturated carbocycles. The van der Waals surface area contributed by atoms with Gasteiger partial charge in [0.1, 0.15) is 0 Å². The van der Waals surface area contributed by atoms with E-state index in [0.717, 1.165) is 38.9 Å². The molecule has 0 aromatic heterocycles. The standard InChI is InChI=1S/C17H32N2O3/c1-2-3-9-15(14-17(21)22)18-16(20)10-13-19-11-7-5-4-6-8-12-19/h15H,2-14H2,1H3,(H,18,20)(H,21,22)/t15-/m1/s1. The van der Waals surface area contributed by atoms with E-state index in [9.17, 15) is 9.59 Å². The molecule has 5 nitrogen and oxygen atoms in total. The van der Waals surface area contributed by atoms with E-state index in [0.29, 0.717) is 6.42 Å². The molecule has 1 atom stereocenters. The number of nitrogens with zero attached hydrogens (tertiary/aromatic N) is 1. The second-order valence-corrected chi connectivity index (χ2v) is 6.36. The van der Waals surface area contributed by atoms with Crippen molar-refractivity contribution in [2.75, 3.05) is 19.6 Å². The van der Waals surface area contributed by atoms with Crippen LogP contribution in [0.5, 0.6) is 0 Å². The first kappa shape index (κ1) is 18.9. The summed E-state index contributed by atoms with van der Waals surface area (Å²) in [4.78, 5) is 25.3. The lowest BCUT2D eigenvalue weighted by molar-refractivity contribution is -0.137. The van der Waals surface area contributed by atoms with Gasteiger partial charge in [0.2, 0.25) is 5.91 Å². The molecule has 1 aliphatic heterocycles. The monoisotopic (exact) mass is 312 g/mol. The van der Waals surface area contributed by atoms with Crippen molar-refractivity contribution in [2.45, 2.75) is 77.2 Å². The summed E-state index contributed by atoms with van der Waals surface area (Å²) in [6.07, 6.45) is 9.57. The minimum Gasteiger partial charge on any atom is -0.481 e. The first-order chi connectivity index (χ1) is 10.6. The molecule has 1 heterocycles. The zero-order valence-electron chi connectivity index (χ0n) is 14.0. The summed E-state index contributed by atoms with van der Waals surface area (Å²) >= 11 is 0. The summed E-state index contributed by atoms with van der Waals surface area (Å²) in [5.41, 5.74) is 0. The smallest absolute Gasteiger partial charge is 0.305 e. The minimum atomic E-state index is -0.842. The molecule has 0 bridgehead atoms. The summed E-state index contributed by atoms with van der Waals surface area (Å²) in [7, 11) is 0. The Kier molecular flexibility index (Phi) is 9.87. The van der Waals surface area contributed by atoms with Gasteiger partial charge < -0.3 is 15.3 Å². The van der Waals surface area contributed by atoms with E-state index in [1.165, 1.54) is 32.1 Å². The number of carbonyl (C=O) groups is 2. The van der Waals surface area contributed by atoms with Gasteiger partial charge in [-0.25, -0.2) is 0 Å².